The van der Waals surface area contributed by atoms with Crippen molar-refractivity contribution in [2.24, 2.45) is 11.7 Å². The quantitative estimate of drug-likeness (QED) is 0.818. The number of halogens is 1. The molecule has 1 aromatic rings. The average molecular weight is 380 g/mol. The molecule has 2 fully saturated rings. The van der Waals surface area contributed by atoms with Gasteiger partial charge in [0.2, 0.25) is 11.8 Å². The predicted molar refractivity (Wildman–Crippen MR) is 93.0 cm³/mol. The lowest BCUT2D eigenvalue weighted by Gasteiger charge is -2.36. The van der Waals surface area contributed by atoms with Crippen molar-refractivity contribution in [3.63, 3.8) is 0 Å². The molecule has 23 heavy (non-hydrogen) atoms. The third kappa shape index (κ3) is 3.15. The Hall–Kier alpha value is -1.40. The summed E-state index contributed by atoms with van der Waals surface area (Å²) in [6.07, 6.45) is 3.62. The molecule has 124 valence electrons. The Labute approximate surface area is 144 Å². The predicted octanol–water partition coefficient (Wildman–Crippen LogP) is 2.14. The second-order valence-corrected chi connectivity index (χ2v) is 7.05. The van der Waals surface area contributed by atoms with Crippen molar-refractivity contribution < 1.29 is 9.59 Å². The minimum Gasteiger partial charge on any atom is -0.338 e. The van der Waals surface area contributed by atoms with Crippen LogP contribution in [0, 0.1) is 5.92 Å². The van der Waals surface area contributed by atoms with Crippen molar-refractivity contribution in [1.82, 2.24) is 4.90 Å². The molecule has 6 heteroatoms. The molecule has 0 radical (unpaired) electrons. The molecule has 2 heterocycles. The number of carbonyl (C=O) groups excluding carboxylic acids is 2. The first-order valence-electron chi connectivity index (χ1n) is 8.20. The summed E-state index contributed by atoms with van der Waals surface area (Å²) in [5.74, 6) is -0.697. The van der Waals surface area contributed by atoms with E-state index in [1.54, 1.807) is 4.90 Å². The summed E-state index contributed by atoms with van der Waals surface area (Å²) in [4.78, 5) is 29.2. The topological polar surface area (TPSA) is 66.6 Å². The molecule has 0 aliphatic carbocycles. The zero-order valence-corrected chi connectivity index (χ0v) is 14.7. The molecule has 2 atom stereocenters. The van der Waals surface area contributed by atoms with Gasteiger partial charge in [-0.2, -0.15) is 0 Å². The first kappa shape index (κ1) is 16.5. The maximum absolute atomic E-state index is 12.9. The molecule has 0 aromatic heterocycles. The average Bonchev–Trinajstić information content (AvgIpc) is 2.96. The molecule has 0 unspecified atom stereocenters. The van der Waals surface area contributed by atoms with E-state index in [2.05, 4.69) is 15.9 Å². The summed E-state index contributed by atoms with van der Waals surface area (Å²) in [6.45, 7) is 1.78. The van der Waals surface area contributed by atoms with Crippen LogP contribution in [0.3, 0.4) is 0 Å². The second kappa shape index (κ2) is 7.01. The van der Waals surface area contributed by atoms with Gasteiger partial charge in [0.25, 0.3) is 0 Å². The summed E-state index contributed by atoms with van der Waals surface area (Å²) in [5, 5.41) is 0. The Bertz CT molecular complexity index is 607. The summed E-state index contributed by atoms with van der Waals surface area (Å²) >= 11 is 3.48. The van der Waals surface area contributed by atoms with Crippen LogP contribution < -0.4 is 10.6 Å². The number of carbonyl (C=O) groups is 2. The molecular weight excluding hydrogens is 358 g/mol. The third-order valence-electron chi connectivity index (χ3n) is 4.83. The van der Waals surface area contributed by atoms with Crippen molar-refractivity contribution in [3.8, 4) is 0 Å². The second-order valence-electron chi connectivity index (χ2n) is 6.20. The number of likely N-dealkylation sites (tertiary alicyclic amines) is 1. The molecular formula is C17H22BrN3O2. The van der Waals surface area contributed by atoms with Gasteiger partial charge in [-0.15, -0.1) is 0 Å². The number of para-hydroxylation sites is 1. The van der Waals surface area contributed by atoms with Crippen molar-refractivity contribution in [1.29, 1.82) is 0 Å². The van der Waals surface area contributed by atoms with E-state index in [1.807, 2.05) is 29.2 Å². The largest absolute Gasteiger partial charge is 0.338 e. The van der Waals surface area contributed by atoms with Gasteiger partial charge in [-0.05, 0) is 53.7 Å². The van der Waals surface area contributed by atoms with Gasteiger partial charge in [0.1, 0.15) is 5.92 Å². The number of hydrogen-bond acceptors (Lipinski definition) is 3. The summed E-state index contributed by atoms with van der Waals surface area (Å²) < 4.78 is 0.874. The van der Waals surface area contributed by atoms with Crippen LogP contribution >= 0.6 is 15.9 Å². The highest BCUT2D eigenvalue weighted by atomic mass is 79.9. The molecule has 5 nitrogen and oxygen atoms in total. The van der Waals surface area contributed by atoms with E-state index in [1.165, 1.54) is 0 Å². The fourth-order valence-corrected chi connectivity index (χ4v) is 4.05. The molecule has 0 saturated carbocycles. The van der Waals surface area contributed by atoms with Crippen LogP contribution in [-0.4, -0.2) is 42.4 Å². The molecule has 2 amide bonds. The molecule has 2 aliphatic rings. The van der Waals surface area contributed by atoms with Crippen molar-refractivity contribution in [2.75, 3.05) is 24.5 Å². The summed E-state index contributed by atoms with van der Waals surface area (Å²) in [6, 6.07) is 7.71. The number of amides is 2. The van der Waals surface area contributed by atoms with Gasteiger partial charge in [0.15, 0.2) is 0 Å². The van der Waals surface area contributed by atoms with Crippen LogP contribution in [0.4, 0.5) is 5.69 Å². The van der Waals surface area contributed by atoms with Gasteiger partial charge < -0.3 is 15.5 Å². The molecule has 2 aliphatic heterocycles. The SMILES string of the molecule is NC[C@@H]1CCCCN1C(=O)[C@H]1CCN(c2ccccc2Br)C1=O. The Balaban J connectivity index is 1.76. The maximum atomic E-state index is 12.9. The lowest BCUT2D eigenvalue weighted by atomic mass is 9.98. The van der Waals surface area contributed by atoms with Gasteiger partial charge in [-0.3, -0.25) is 9.59 Å². The minimum absolute atomic E-state index is 0.0419. The number of hydrogen-bond donors (Lipinski definition) is 1. The van der Waals surface area contributed by atoms with Crippen LogP contribution in [0.25, 0.3) is 0 Å². The van der Waals surface area contributed by atoms with Gasteiger partial charge >= 0.3 is 0 Å². The summed E-state index contributed by atoms with van der Waals surface area (Å²) in [7, 11) is 0. The molecule has 0 bridgehead atoms. The van der Waals surface area contributed by atoms with Crippen LogP contribution in [0.1, 0.15) is 25.7 Å². The van der Waals surface area contributed by atoms with Crippen molar-refractivity contribution >= 4 is 33.4 Å². The minimum atomic E-state index is -0.561. The smallest absolute Gasteiger partial charge is 0.239 e. The van der Waals surface area contributed by atoms with E-state index in [4.69, 9.17) is 5.73 Å². The van der Waals surface area contributed by atoms with Crippen LogP contribution in [0.5, 0.6) is 0 Å². The Morgan fingerprint density at radius 2 is 2.00 bits per heavy atom. The normalized spacial score (nSPS) is 25.0. The molecule has 3 rings (SSSR count). The fraction of sp³-hybridized carbons (Fsp3) is 0.529. The third-order valence-corrected chi connectivity index (χ3v) is 5.50. The van der Waals surface area contributed by atoms with Crippen molar-refractivity contribution in [3.05, 3.63) is 28.7 Å². The van der Waals surface area contributed by atoms with Gasteiger partial charge in [-0.25, -0.2) is 0 Å². The van der Waals surface area contributed by atoms with E-state index in [0.29, 0.717) is 19.5 Å². The van der Waals surface area contributed by atoms with Gasteiger partial charge in [0.05, 0.1) is 5.69 Å². The fourth-order valence-electron chi connectivity index (χ4n) is 3.55. The summed E-state index contributed by atoms with van der Waals surface area (Å²) in [5.41, 5.74) is 6.64. The van der Waals surface area contributed by atoms with E-state index in [9.17, 15) is 9.59 Å². The van der Waals surface area contributed by atoms with E-state index >= 15 is 0 Å². The number of nitrogens with zero attached hydrogens (tertiary/aromatic N) is 2. The zero-order chi connectivity index (χ0) is 16.4. The standard InChI is InChI=1S/C17H22BrN3O2/c18-14-6-1-2-7-15(14)21-10-8-13(17(21)23)16(22)20-9-4-3-5-12(20)11-19/h1-2,6-7,12-13H,3-5,8-11,19H2/t12-,13+/m0/s1. The molecule has 2 saturated heterocycles. The van der Waals surface area contributed by atoms with Gasteiger partial charge in [-0.1, -0.05) is 12.1 Å². The van der Waals surface area contributed by atoms with E-state index in [0.717, 1.165) is 36.0 Å². The number of benzene rings is 1. The Kier molecular flexibility index (Phi) is 5.02. The first-order valence-corrected chi connectivity index (χ1v) is 8.99. The number of piperidine rings is 1. The maximum Gasteiger partial charge on any atom is 0.239 e. The molecule has 1 aromatic carbocycles. The van der Waals surface area contributed by atoms with Crippen LogP contribution in [0.15, 0.2) is 28.7 Å². The number of nitrogens with two attached hydrogens (primary N) is 1. The van der Waals surface area contributed by atoms with Crippen LogP contribution in [-0.2, 0) is 9.59 Å². The van der Waals surface area contributed by atoms with Crippen molar-refractivity contribution in [2.45, 2.75) is 31.7 Å². The lowest BCUT2D eigenvalue weighted by molar-refractivity contribution is -0.142. The zero-order valence-electron chi connectivity index (χ0n) is 13.1. The van der Waals surface area contributed by atoms with E-state index in [-0.39, 0.29) is 17.9 Å². The van der Waals surface area contributed by atoms with Crippen LogP contribution in [0.2, 0.25) is 0 Å². The first-order chi connectivity index (χ1) is 11.1. The molecule has 2 N–H and O–H groups in total. The highest BCUT2D eigenvalue weighted by Gasteiger charge is 2.41. The highest BCUT2D eigenvalue weighted by molar-refractivity contribution is 9.10. The lowest BCUT2D eigenvalue weighted by Crippen LogP contribution is -2.50. The molecule has 0 spiro atoms. The van der Waals surface area contributed by atoms with E-state index < -0.39 is 5.92 Å². The van der Waals surface area contributed by atoms with Gasteiger partial charge in [0, 0.05) is 30.1 Å². The Morgan fingerprint density at radius 3 is 2.74 bits per heavy atom. The number of rotatable bonds is 3. The Morgan fingerprint density at radius 1 is 1.22 bits per heavy atom. The number of anilines is 1. The highest BCUT2D eigenvalue weighted by Crippen LogP contribution is 2.32. The monoisotopic (exact) mass is 379 g/mol.